The van der Waals surface area contributed by atoms with E-state index >= 15 is 0 Å². The van der Waals surface area contributed by atoms with Crippen molar-refractivity contribution in [3.8, 4) is 5.69 Å². The molecule has 0 saturated heterocycles. The molecule has 4 aromatic rings. The molecule has 0 fully saturated rings. The van der Waals surface area contributed by atoms with Crippen molar-refractivity contribution < 1.29 is 12.8 Å². The SMILES string of the molecule is Cc1nnnn1-c1cccc(Nc2ncc(F)c(Nc3ccccc3NS(C)(=O)=O)n2)c1. The lowest BCUT2D eigenvalue weighted by Gasteiger charge is -2.13. The molecule has 0 aliphatic heterocycles. The van der Waals surface area contributed by atoms with E-state index in [9.17, 15) is 12.8 Å². The van der Waals surface area contributed by atoms with Gasteiger partial charge in [-0.25, -0.2) is 17.8 Å². The highest BCUT2D eigenvalue weighted by molar-refractivity contribution is 7.92. The first-order valence-corrected chi connectivity index (χ1v) is 11.2. The number of nitrogens with one attached hydrogen (secondary N) is 3. The fourth-order valence-electron chi connectivity index (χ4n) is 2.84. The lowest BCUT2D eigenvalue weighted by molar-refractivity contribution is 0.607. The van der Waals surface area contributed by atoms with Gasteiger partial charge in [0.1, 0.15) is 0 Å². The highest BCUT2D eigenvalue weighted by atomic mass is 32.2. The van der Waals surface area contributed by atoms with Gasteiger partial charge in [-0.05, 0) is 47.7 Å². The van der Waals surface area contributed by atoms with Gasteiger partial charge in [-0.2, -0.15) is 9.67 Å². The molecule has 2 aromatic heterocycles. The molecule has 164 valence electrons. The Labute approximate surface area is 182 Å². The van der Waals surface area contributed by atoms with E-state index in [0.29, 0.717) is 17.2 Å². The average molecular weight is 455 g/mol. The second-order valence-corrected chi connectivity index (χ2v) is 8.50. The second-order valence-electron chi connectivity index (χ2n) is 6.75. The van der Waals surface area contributed by atoms with Gasteiger partial charge in [0.25, 0.3) is 0 Å². The van der Waals surface area contributed by atoms with E-state index in [1.807, 2.05) is 6.07 Å². The van der Waals surface area contributed by atoms with Gasteiger partial charge < -0.3 is 10.6 Å². The molecule has 0 aliphatic carbocycles. The maximum atomic E-state index is 14.4. The monoisotopic (exact) mass is 455 g/mol. The Bertz CT molecular complexity index is 1370. The summed E-state index contributed by atoms with van der Waals surface area (Å²) in [6.45, 7) is 1.78. The van der Waals surface area contributed by atoms with Crippen molar-refractivity contribution >= 4 is 38.9 Å². The van der Waals surface area contributed by atoms with Crippen LogP contribution in [0.3, 0.4) is 0 Å². The van der Waals surface area contributed by atoms with Crippen molar-refractivity contribution in [2.75, 3.05) is 21.6 Å². The molecule has 4 rings (SSSR count). The number of benzene rings is 2. The summed E-state index contributed by atoms with van der Waals surface area (Å²) < 4.78 is 41.5. The summed E-state index contributed by atoms with van der Waals surface area (Å²) in [6, 6.07) is 13.7. The number of aromatic nitrogens is 6. The molecule has 13 heteroatoms. The van der Waals surface area contributed by atoms with E-state index in [1.54, 1.807) is 54.1 Å². The smallest absolute Gasteiger partial charge is 0.229 e. The normalized spacial score (nSPS) is 11.2. The van der Waals surface area contributed by atoms with Crippen LogP contribution in [0, 0.1) is 12.7 Å². The number of tetrazole rings is 1. The van der Waals surface area contributed by atoms with Crippen molar-refractivity contribution in [3.05, 3.63) is 66.4 Å². The van der Waals surface area contributed by atoms with E-state index in [4.69, 9.17) is 0 Å². The second kappa shape index (κ2) is 8.55. The summed E-state index contributed by atoms with van der Waals surface area (Å²) in [5.41, 5.74) is 1.94. The molecule has 0 unspecified atom stereocenters. The van der Waals surface area contributed by atoms with Gasteiger partial charge in [0.05, 0.1) is 29.5 Å². The van der Waals surface area contributed by atoms with Gasteiger partial charge in [0, 0.05) is 5.69 Å². The molecule has 2 heterocycles. The lowest BCUT2D eigenvalue weighted by atomic mass is 10.2. The summed E-state index contributed by atoms with van der Waals surface area (Å²) in [6.07, 6.45) is 2.04. The third kappa shape index (κ3) is 4.95. The number of halogens is 1. The van der Waals surface area contributed by atoms with E-state index in [-0.39, 0.29) is 17.5 Å². The number of hydrogen-bond donors (Lipinski definition) is 3. The minimum absolute atomic E-state index is 0.127. The third-order valence-electron chi connectivity index (χ3n) is 4.19. The molecule has 3 N–H and O–H groups in total. The van der Waals surface area contributed by atoms with Gasteiger partial charge in [0.2, 0.25) is 16.0 Å². The third-order valence-corrected chi connectivity index (χ3v) is 4.78. The molecule has 2 aromatic carbocycles. The minimum atomic E-state index is -3.52. The van der Waals surface area contributed by atoms with Crippen molar-refractivity contribution in [1.82, 2.24) is 30.2 Å². The van der Waals surface area contributed by atoms with Gasteiger partial charge in [-0.15, -0.1) is 5.10 Å². The molecule has 11 nitrogen and oxygen atoms in total. The summed E-state index contributed by atoms with van der Waals surface area (Å²) >= 11 is 0. The standard InChI is InChI=1S/C19H18FN9O2S/c1-12-25-27-28-29(12)14-7-5-6-13(10-14)22-19-21-11-15(20)18(24-19)23-16-8-3-4-9-17(16)26-32(2,30)31/h3-11,26H,1-2H3,(H2,21,22,23,24). The Morgan fingerprint density at radius 3 is 2.53 bits per heavy atom. The lowest BCUT2D eigenvalue weighted by Crippen LogP contribution is -2.11. The number of rotatable bonds is 7. The van der Waals surface area contributed by atoms with Crippen LogP contribution in [0.15, 0.2) is 54.7 Å². The molecule has 0 spiro atoms. The fraction of sp³-hybridized carbons (Fsp3) is 0.105. The predicted octanol–water partition coefficient (Wildman–Crippen LogP) is 2.76. The predicted molar refractivity (Wildman–Crippen MR) is 117 cm³/mol. The van der Waals surface area contributed by atoms with Gasteiger partial charge in [-0.1, -0.05) is 18.2 Å². The molecule has 32 heavy (non-hydrogen) atoms. The van der Waals surface area contributed by atoms with Crippen LogP contribution < -0.4 is 15.4 Å². The first-order chi connectivity index (χ1) is 15.3. The molecule has 0 radical (unpaired) electrons. The van der Waals surface area contributed by atoms with Crippen LogP contribution in [0.5, 0.6) is 0 Å². The Morgan fingerprint density at radius 2 is 1.81 bits per heavy atom. The first-order valence-electron chi connectivity index (χ1n) is 9.27. The van der Waals surface area contributed by atoms with Crippen LogP contribution in [-0.4, -0.2) is 44.8 Å². The maximum absolute atomic E-state index is 14.4. The number of nitrogens with zero attached hydrogens (tertiary/aromatic N) is 6. The Hall–Kier alpha value is -4.13. The Balaban J connectivity index is 1.59. The number of sulfonamides is 1. The maximum Gasteiger partial charge on any atom is 0.229 e. The van der Waals surface area contributed by atoms with Crippen molar-refractivity contribution in [1.29, 1.82) is 0 Å². The number of hydrogen-bond acceptors (Lipinski definition) is 9. The number of aryl methyl sites for hydroxylation is 1. The summed E-state index contributed by atoms with van der Waals surface area (Å²) in [4.78, 5) is 8.15. The van der Waals surface area contributed by atoms with Gasteiger partial charge >= 0.3 is 0 Å². The molecule has 0 aliphatic rings. The van der Waals surface area contributed by atoms with Crippen LogP contribution in [0.2, 0.25) is 0 Å². The van der Waals surface area contributed by atoms with Crippen molar-refractivity contribution in [2.24, 2.45) is 0 Å². The van der Waals surface area contributed by atoms with Crippen LogP contribution in [0.1, 0.15) is 5.82 Å². The zero-order valence-corrected chi connectivity index (χ0v) is 17.8. The summed E-state index contributed by atoms with van der Waals surface area (Å²) in [5.74, 6) is -0.0819. The minimum Gasteiger partial charge on any atom is -0.336 e. The van der Waals surface area contributed by atoms with Gasteiger partial charge in [0.15, 0.2) is 17.5 Å². The summed E-state index contributed by atoms with van der Waals surface area (Å²) in [7, 11) is -3.52. The van der Waals surface area contributed by atoms with Crippen LogP contribution in [0.4, 0.5) is 33.2 Å². The molecular formula is C19H18FN9O2S. The van der Waals surface area contributed by atoms with Crippen LogP contribution in [0.25, 0.3) is 5.69 Å². The highest BCUT2D eigenvalue weighted by Crippen LogP contribution is 2.27. The molecule has 0 bridgehead atoms. The fourth-order valence-corrected chi connectivity index (χ4v) is 3.42. The summed E-state index contributed by atoms with van der Waals surface area (Å²) in [5, 5.41) is 17.2. The zero-order chi connectivity index (χ0) is 22.7. The average Bonchev–Trinajstić information content (AvgIpc) is 3.17. The molecule has 0 atom stereocenters. The number of para-hydroxylation sites is 2. The molecular weight excluding hydrogens is 437 g/mol. The van der Waals surface area contributed by atoms with E-state index in [1.165, 1.54) is 0 Å². The first kappa shape index (κ1) is 21.1. The number of anilines is 5. The van der Waals surface area contributed by atoms with Crippen LogP contribution in [-0.2, 0) is 10.0 Å². The van der Waals surface area contributed by atoms with Crippen LogP contribution >= 0.6 is 0 Å². The van der Waals surface area contributed by atoms with E-state index < -0.39 is 15.8 Å². The Kier molecular flexibility index (Phi) is 5.64. The van der Waals surface area contributed by atoms with E-state index in [0.717, 1.165) is 18.1 Å². The highest BCUT2D eigenvalue weighted by Gasteiger charge is 2.12. The zero-order valence-electron chi connectivity index (χ0n) is 17.0. The Morgan fingerprint density at radius 1 is 1.03 bits per heavy atom. The topological polar surface area (TPSA) is 140 Å². The van der Waals surface area contributed by atoms with Crippen molar-refractivity contribution in [3.63, 3.8) is 0 Å². The molecule has 0 amide bonds. The van der Waals surface area contributed by atoms with Gasteiger partial charge in [-0.3, -0.25) is 4.72 Å². The molecule has 0 saturated carbocycles. The van der Waals surface area contributed by atoms with E-state index in [2.05, 4.69) is 40.8 Å². The largest absolute Gasteiger partial charge is 0.336 e. The van der Waals surface area contributed by atoms with Crippen molar-refractivity contribution in [2.45, 2.75) is 6.92 Å². The quantitative estimate of drug-likeness (QED) is 0.384.